The summed E-state index contributed by atoms with van der Waals surface area (Å²) in [5.74, 6) is 0.664. The molecule has 0 N–H and O–H groups in total. The second-order valence-corrected chi connectivity index (χ2v) is 5.47. The summed E-state index contributed by atoms with van der Waals surface area (Å²) in [6.07, 6.45) is 0. The lowest BCUT2D eigenvalue weighted by Gasteiger charge is -2.05. The van der Waals surface area contributed by atoms with Crippen LogP contribution in [0.3, 0.4) is 0 Å². The van der Waals surface area contributed by atoms with Gasteiger partial charge in [-0.2, -0.15) is 0 Å². The van der Waals surface area contributed by atoms with Gasteiger partial charge in [0, 0.05) is 5.56 Å². The number of ether oxygens (including phenoxy) is 1. The number of rotatable bonds is 3. The lowest BCUT2D eigenvalue weighted by atomic mass is 10.0. The molecule has 0 spiro atoms. The summed E-state index contributed by atoms with van der Waals surface area (Å²) in [5.41, 5.74) is 0.597. The molecule has 17 heavy (non-hydrogen) atoms. The number of alkyl halides is 2. The van der Waals surface area contributed by atoms with E-state index in [1.807, 2.05) is 30.3 Å². The summed E-state index contributed by atoms with van der Waals surface area (Å²) < 4.78 is 4.46. The van der Waals surface area contributed by atoms with Crippen LogP contribution < -0.4 is 4.74 Å². The molecule has 2 aromatic rings. The summed E-state index contributed by atoms with van der Waals surface area (Å²) in [7, 11) is 1.63. The van der Waals surface area contributed by atoms with E-state index in [0.29, 0.717) is 5.56 Å². The van der Waals surface area contributed by atoms with E-state index in [0.717, 1.165) is 16.5 Å². The lowest BCUT2D eigenvalue weighted by Crippen LogP contribution is -2.07. The Labute approximate surface area is 113 Å². The van der Waals surface area contributed by atoms with E-state index in [1.165, 1.54) is 0 Å². The maximum absolute atomic E-state index is 11.7. The number of carbonyl (C=O) groups is 1. The third-order valence-corrected chi connectivity index (χ3v) is 3.14. The summed E-state index contributed by atoms with van der Waals surface area (Å²) in [4.78, 5) is 11.7. The molecule has 0 radical (unpaired) electrons. The first-order chi connectivity index (χ1) is 8.11. The van der Waals surface area contributed by atoms with Gasteiger partial charge in [0.2, 0.25) is 0 Å². The zero-order valence-electron chi connectivity index (χ0n) is 9.11. The highest BCUT2D eigenvalue weighted by molar-refractivity contribution is 9.10. The second kappa shape index (κ2) is 5.07. The van der Waals surface area contributed by atoms with Crippen molar-refractivity contribution < 1.29 is 9.53 Å². The molecule has 0 aliphatic rings. The van der Waals surface area contributed by atoms with Gasteiger partial charge in [-0.3, -0.25) is 4.79 Å². The largest absolute Gasteiger partial charge is 0.497 e. The Bertz CT molecular complexity index is 566. The van der Waals surface area contributed by atoms with Crippen LogP contribution in [0.4, 0.5) is 0 Å². The van der Waals surface area contributed by atoms with E-state index in [4.69, 9.17) is 16.3 Å². The van der Waals surface area contributed by atoms with E-state index < -0.39 is 4.29 Å². The molecule has 0 fully saturated rings. The van der Waals surface area contributed by atoms with Gasteiger partial charge in [-0.25, -0.2) is 0 Å². The second-order valence-electron chi connectivity index (χ2n) is 3.59. The van der Waals surface area contributed by atoms with E-state index in [2.05, 4.69) is 15.9 Å². The first-order valence-electron chi connectivity index (χ1n) is 5.02. The third-order valence-electron chi connectivity index (χ3n) is 2.53. The van der Waals surface area contributed by atoms with Crippen LogP contribution in [0, 0.1) is 0 Å². The Hall–Kier alpha value is -1.06. The van der Waals surface area contributed by atoms with Crippen molar-refractivity contribution in [2.24, 2.45) is 0 Å². The quantitative estimate of drug-likeness (QED) is 0.632. The average Bonchev–Trinajstić information content (AvgIpc) is 2.36. The molecule has 0 aliphatic carbocycles. The number of carbonyl (C=O) groups excluding carboxylic acids is 1. The number of methoxy groups -OCH3 is 1. The topological polar surface area (TPSA) is 26.3 Å². The average molecular weight is 314 g/mol. The summed E-state index contributed by atoms with van der Waals surface area (Å²) in [5, 5.41) is 2.02. The Morgan fingerprint density at radius 1 is 1.24 bits per heavy atom. The predicted octanol–water partition coefficient (Wildman–Crippen LogP) is 3.99. The molecule has 0 bridgehead atoms. The van der Waals surface area contributed by atoms with Crippen molar-refractivity contribution in [2.75, 3.05) is 7.11 Å². The first-order valence-corrected chi connectivity index (χ1v) is 6.37. The molecule has 0 saturated heterocycles. The van der Waals surface area contributed by atoms with Crippen LogP contribution in [0.2, 0.25) is 0 Å². The van der Waals surface area contributed by atoms with Crippen molar-refractivity contribution in [3.05, 3.63) is 42.0 Å². The van der Waals surface area contributed by atoms with Crippen molar-refractivity contribution in [3.8, 4) is 5.75 Å². The van der Waals surface area contributed by atoms with Crippen LogP contribution in [-0.4, -0.2) is 17.2 Å². The van der Waals surface area contributed by atoms with Gasteiger partial charge >= 0.3 is 0 Å². The normalized spacial score (nSPS) is 12.4. The standard InChI is InChI=1S/C13H10BrClO2/c1-17-11-5-4-8-6-10(12(16)13(14)15)3-2-9(8)7-11/h2-7,13H,1H3. The van der Waals surface area contributed by atoms with Crippen LogP contribution in [0.1, 0.15) is 10.4 Å². The van der Waals surface area contributed by atoms with Gasteiger partial charge in [-0.1, -0.05) is 34.1 Å². The molecule has 4 heteroatoms. The van der Waals surface area contributed by atoms with Crippen molar-refractivity contribution >= 4 is 44.1 Å². The summed E-state index contributed by atoms with van der Waals surface area (Å²) in [6, 6.07) is 11.2. The molecule has 0 aromatic heterocycles. The molecule has 0 aliphatic heterocycles. The molecule has 88 valence electrons. The molecule has 1 unspecified atom stereocenters. The Balaban J connectivity index is 2.48. The Kier molecular flexibility index (Phi) is 3.69. The number of fused-ring (bicyclic) bond motifs is 1. The molecule has 2 aromatic carbocycles. The monoisotopic (exact) mass is 312 g/mol. The van der Waals surface area contributed by atoms with E-state index >= 15 is 0 Å². The minimum Gasteiger partial charge on any atom is -0.497 e. The third kappa shape index (κ3) is 2.61. The lowest BCUT2D eigenvalue weighted by molar-refractivity contribution is 0.101. The van der Waals surface area contributed by atoms with E-state index in [-0.39, 0.29) is 5.78 Å². The highest BCUT2D eigenvalue weighted by Crippen LogP contribution is 2.23. The molecular formula is C13H10BrClO2. The number of ketones is 1. The summed E-state index contributed by atoms with van der Waals surface area (Å²) >= 11 is 8.77. The molecule has 2 nitrogen and oxygen atoms in total. The van der Waals surface area contributed by atoms with E-state index in [1.54, 1.807) is 13.2 Å². The molecule has 0 amide bonds. The van der Waals surface area contributed by atoms with Gasteiger partial charge in [-0.15, -0.1) is 11.6 Å². The van der Waals surface area contributed by atoms with Crippen LogP contribution in [0.15, 0.2) is 36.4 Å². The fourth-order valence-electron chi connectivity index (χ4n) is 1.63. The zero-order chi connectivity index (χ0) is 12.4. The fourth-order valence-corrected chi connectivity index (χ4v) is 2.02. The van der Waals surface area contributed by atoms with Gasteiger partial charge in [0.05, 0.1) is 7.11 Å². The van der Waals surface area contributed by atoms with Gasteiger partial charge in [0.15, 0.2) is 10.1 Å². The number of halogens is 2. The van der Waals surface area contributed by atoms with Crippen LogP contribution >= 0.6 is 27.5 Å². The maximum Gasteiger partial charge on any atom is 0.191 e. The molecule has 0 heterocycles. The Morgan fingerprint density at radius 3 is 2.53 bits per heavy atom. The predicted molar refractivity (Wildman–Crippen MR) is 73.4 cm³/mol. The SMILES string of the molecule is COc1ccc2cc(C(=O)C(Cl)Br)ccc2c1. The number of Topliss-reactive ketones (excluding diaryl/α,β-unsaturated/α-hetero) is 1. The minimum absolute atomic E-state index is 0.135. The van der Waals surface area contributed by atoms with Crippen molar-refractivity contribution in [2.45, 2.75) is 4.29 Å². The van der Waals surface area contributed by atoms with Gasteiger partial charge in [0.1, 0.15) is 5.75 Å². The fraction of sp³-hybridized carbons (Fsp3) is 0.154. The maximum atomic E-state index is 11.7. The smallest absolute Gasteiger partial charge is 0.191 e. The van der Waals surface area contributed by atoms with Crippen LogP contribution in [0.5, 0.6) is 5.75 Å². The molecule has 1 atom stereocenters. The molecule has 2 rings (SSSR count). The minimum atomic E-state index is -0.682. The highest BCUT2D eigenvalue weighted by atomic mass is 79.9. The number of benzene rings is 2. The van der Waals surface area contributed by atoms with Gasteiger partial charge in [-0.05, 0) is 29.0 Å². The van der Waals surface area contributed by atoms with Crippen molar-refractivity contribution in [1.29, 1.82) is 0 Å². The van der Waals surface area contributed by atoms with Crippen molar-refractivity contribution in [3.63, 3.8) is 0 Å². The van der Waals surface area contributed by atoms with Crippen molar-refractivity contribution in [1.82, 2.24) is 0 Å². The van der Waals surface area contributed by atoms with Crippen LogP contribution in [-0.2, 0) is 0 Å². The summed E-state index contributed by atoms with van der Waals surface area (Å²) in [6.45, 7) is 0. The Morgan fingerprint density at radius 2 is 1.88 bits per heavy atom. The number of hydrogen-bond donors (Lipinski definition) is 0. The van der Waals surface area contributed by atoms with Crippen LogP contribution in [0.25, 0.3) is 10.8 Å². The zero-order valence-corrected chi connectivity index (χ0v) is 11.5. The molecular weight excluding hydrogens is 303 g/mol. The first kappa shape index (κ1) is 12.4. The molecule has 0 saturated carbocycles. The number of hydrogen-bond acceptors (Lipinski definition) is 2. The van der Waals surface area contributed by atoms with Gasteiger partial charge in [0.25, 0.3) is 0 Å². The van der Waals surface area contributed by atoms with Gasteiger partial charge < -0.3 is 4.74 Å². The highest BCUT2D eigenvalue weighted by Gasteiger charge is 2.13. The van der Waals surface area contributed by atoms with E-state index in [9.17, 15) is 4.79 Å².